The summed E-state index contributed by atoms with van der Waals surface area (Å²) in [6, 6.07) is 0. The molecule has 4 saturated carbocycles. The average Bonchev–Trinajstić information content (AvgIpc) is 3.07. The largest absolute Gasteiger partial charge is 0.396 e. The van der Waals surface area contributed by atoms with Gasteiger partial charge in [0.2, 0.25) is 0 Å². The summed E-state index contributed by atoms with van der Waals surface area (Å²) < 4.78 is 0. The zero-order valence-electron chi connectivity index (χ0n) is 21.7. The van der Waals surface area contributed by atoms with E-state index in [-0.39, 0.29) is 5.41 Å². The molecular weight excluding hydrogens is 376 g/mol. The van der Waals surface area contributed by atoms with E-state index in [1.165, 1.54) is 64.2 Å². The third-order valence-corrected chi connectivity index (χ3v) is 13.1. The van der Waals surface area contributed by atoms with Crippen molar-refractivity contribution in [1.29, 1.82) is 0 Å². The van der Waals surface area contributed by atoms with E-state index in [0.29, 0.717) is 40.1 Å². The van der Waals surface area contributed by atoms with Crippen LogP contribution < -0.4 is 0 Å². The molecule has 5 aliphatic carbocycles. The van der Waals surface area contributed by atoms with E-state index in [1.54, 1.807) is 5.57 Å². The van der Waals surface area contributed by atoms with Gasteiger partial charge in [-0.2, -0.15) is 0 Å². The van der Waals surface area contributed by atoms with E-state index >= 15 is 0 Å². The Balaban J connectivity index is 1.57. The van der Waals surface area contributed by atoms with Crippen molar-refractivity contribution in [3.05, 3.63) is 11.6 Å². The van der Waals surface area contributed by atoms with Gasteiger partial charge in [-0.25, -0.2) is 0 Å². The van der Waals surface area contributed by atoms with Crippen LogP contribution in [0.5, 0.6) is 0 Å². The number of hydrogen-bond donors (Lipinski definition) is 1. The summed E-state index contributed by atoms with van der Waals surface area (Å²) in [5.41, 5.74) is 3.52. The fourth-order valence-corrected chi connectivity index (χ4v) is 11.3. The minimum Gasteiger partial charge on any atom is -0.396 e. The van der Waals surface area contributed by atoms with Gasteiger partial charge in [0.25, 0.3) is 0 Å². The topological polar surface area (TPSA) is 20.2 Å². The monoisotopic (exact) mass is 426 g/mol. The molecule has 0 heterocycles. The number of aliphatic hydroxyl groups is 1. The number of allylic oxidation sites excluding steroid dienone is 2. The maximum absolute atomic E-state index is 11.1. The maximum atomic E-state index is 11.1. The first-order valence-electron chi connectivity index (χ1n) is 13.8. The number of rotatable bonds is 2. The summed E-state index contributed by atoms with van der Waals surface area (Å²) >= 11 is 0. The molecule has 176 valence electrons. The second kappa shape index (κ2) is 6.86. The van der Waals surface area contributed by atoms with Crippen molar-refractivity contribution in [2.45, 2.75) is 113 Å². The second-order valence-electron chi connectivity index (χ2n) is 14.5. The van der Waals surface area contributed by atoms with Crippen LogP contribution in [-0.2, 0) is 0 Å². The Bertz CT molecular complexity index is 762. The smallest absolute Gasteiger partial charge is 0.0496 e. The summed E-state index contributed by atoms with van der Waals surface area (Å²) in [6.45, 7) is 18.4. The lowest BCUT2D eigenvalue weighted by Gasteiger charge is -2.71. The molecular formula is C30H50O. The van der Waals surface area contributed by atoms with Crippen molar-refractivity contribution in [3.63, 3.8) is 0 Å². The SMILES string of the molecule is CC(C)[C@H]1CC[C@H]2[C@]1(C)CC[C@]1(C)[C@H]3CC=C4[C@@H](CCCC4(C)C)[C@]3(CO)CC[C@@]21C. The molecule has 1 nitrogen and oxygen atoms in total. The molecule has 0 unspecified atom stereocenters. The van der Waals surface area contributed by atoms with Gasteiger partial charge in [-0.05, 0) is 109 Å². The molecule has 0 amide bonds. The average molecular weight is 427 g/mol. The molecule has 5 rings (SSSR count). The molecule has 1 heteroatoms. The van der Waals surface area contributed by atoms with Gasteiger partial charge in [0.1, 0.15) is 0 Å². The van der Waals surface area contributed by atoms with Crippen molar-refractivity contribution in [2.24, 2.45) is 56.7 Å². The highest BCUT2D eigenvalue weighted by molar-refractivity contribution is 5.30. The predicted molar refractivity (Wildman–Crippen MR) is 131 cm³/mol. The van der Waals surface area contributed by atoms with Crippen molar-refractivity contribution < 1.29 is 5.11 Å². The van der Waals surface area contributed by atoms with E-state index in [9.17, 15) is 5.11 Å². The number of aliphatic hydroxyl groups excluding tert-OH is 1. The zero-order chi connectivity index (χ0) is 22.4. The molecule has 31 heavy (non-hydrogen) atoms. The molecule has 0 aromatic carbocycles. The molecule has 4 fully saturated rings. The Morgan fingerprint density at radius 1 is 0.871 bits per heavy atom. The molecule has 0 aliphatic heterocycles. The highest BCUT2D eigenvalue weighted by Gasteiger charge is 2.70. The lowest BCUT2D eigenvalue weighted by atomic mass is 9.33. The van der Waals surface area contributed by atoms with Crippen LogP contribution in [0.2, 0.25) is 0 Å². The minimum absolute atomic E-state index is 0.139. The third-order valence-electron chi connectivity index (χ3n) is 13.1. The van der Waals surface area contributed by atoms with Crippen LogP contribution in [0.3, 0.4) is 0 Å². The lowest BCUT2D eigenvalue weighted by Crippen LogP contribution is -2.65. The molecule has 0 spiro atoms. The van der Waals surface area contributed by atoms with E-state index in [0.717, 1.165) is 17.8 Å². The Labute approximate surface area is 192 Å². The van der Waals surface area contributed by atoms with Crippen LogP contribution in [0, 0.1) is 56.7 Å². The number of fused-ring (bicyclic) bond motifs is 7. The summed E-state index contributed by atoms with van der Waals surface area (Å²) in [5.74, 6) is 3.87. The van der Waals surface area contributed by atoms with Crippen molar-refractivity contribution in [2.75, 3.05) is 6.61 Å². The molecule has 0 saturated heterocycles. The van der Waals surface area contributed by atoms with Gasteiger partial charge >= 0.3 is 0 Å². The van der Waals surface area contributed by atoms with Gasteiger partial charge in [-0.15, -0.1) is 0 Å². The van der Waals surface area contributed by atoms with Crippen LogP contribution >= 0.6 is 0 Å². The molecule has 8 atom stereocenters. The molecule has 0 bridgehead atoms. The molecule has 0 aromatic heterocycles. The first kappa shape index (κ1) is 22.5. The fraction of sp³-hybridized carbons (Fsp3) is 0.933. The highest BCUT2D eigenvalue weighted by atomic mass is 16.3. The molecule has 0 aromatic rings. The Morgan fingerprint density at radius 2 is 1.55 bits per heavy atom. The van der Waals surface area contributed by atoms with Gasteiger partial charge in [0, 0.05) is 12.0 Å². The second-order valence-corrected chi connectivity index (χ2v) is 14.5. The third kappa shape index (κ3) is 2.65. The van der Waals surface area contributed by atoms with Gasteiger partial charge < -0.3 is 5.11 Å². The Morgan fingerprint density at radius 3 is 2.23 bits per heavy atom. The van der Waals surface area contributed by atoms with Crippen LogP contribution in [0.25, 0.3) is 0 Å². The first-order valence-corrected chi connectivity index (χ1v) is 13.8. The van der Waals surface area contributed by atoms with E-state index < -0.39 is 0 Å². The van der Waals surface area contributed by atoms with Crippen molar-refractivity contribution >= 4 is 0 Å². The quantitative estimate of drug-likeness (QED) is 0.443. The van der Waals surface area contributed by atoms with E-state index in [2.05, 4.69) is 54.5 Å². The van der Waals surface area contributed by atoms with Gasteiger partial charge in [0.05, 0.1) is 0 Å². The summed E-state index contributed by atoms with van der Waals surface area (Å²) in [4.78, 5) is 0. The maximum Gasteiger partial charge on any atom is 0.0496 e. The summed E-state index contributed by atoms with van der Waals surface area (Å²) in [5, 5.41) is 11.1. The molecule has 1 N–H and O–H groups in total. The van der Waals surface area contributed by atoms with Crippen LogP contribution in [0.4, 0.5) is 0 Å². The Kier molecular flexibility index (Phi) is 4.98. The summed E-state index contributed by atoms with van der Waals surface area (Å²) in [6.07, 6.45) is 16.2. The standard InChI is InChI=1S/C30H50O/c1-20(2)21-10-12-24-27(21,5)15-16-29(7)25-13-11-22-23(9-8-14-26(22,3)4)30(25,19-31)18-17-28(24,29)6/h11,20-21,23-25,31H,8-10,12-19H2,1-7H3/t21-,23-,24+,25-,27-,28+,29-,30-/m1/s1. The highest BCUT2D eigenvalue weighted by Crippen LogP contribution is 2.77. The number of hydrogen-bond acceptors (Lipinski definition) is 1. The normalized spacial score (nSPS) is 53.3. The van der Waals surface area contributed by atoms with E-state index in [1.807, 2.05) is 0 Å². The minimum atomic E-state index is 0.139. The van der Waals surface area contributed by atoms with E-state index in [4.69, 9.17) is 0 Å². The molecule has 0 radical (unpaired) electrons. The van der Waals surface area contributed by atoms with Gasteiger partial charge in [0.15, 0.2) is 0 Å². The van der Waals surface area contributed by atoms with Gasteiger partial charge in [-0.3, -0.25) is 0 Å². The molecule has 5 aliphatic rings. The first-order chi connectivity index (χ1) is 14.5. The Hall–Kier alpha value is -0.300. The van der Waals surface area contributed by atoms with Gasteiger partial charge in [-0.1, -0.05) is 66.5 Å². The zero-order valence-corrected chi connectivity index (χ0v) is 21.7. The lowest BCUT2D eigenvalue weighted by molar-refractivity contribution is -0.224. The predicted octanol–water partition coefficient (Wildman–Crippen LogP) is 8.03. The van der Waals surface area contributed by atoms with Crippen LogP contribution in [0.1, 0.15) is 113 Å². The summed E-state index contributed by atoms with van der Waals surface area (Å²) in [7, 11) is 0. The van der Waals surface area contributed by atoms with Crippen molar-refractivity contribution in [3.8, 4) is 0 Å². The van der Waals surface area contributed by atoms with Crippen molar-refractivity contribution in [1.82, 2.24) is 0 Å². The fourth-order valence-electron chi connectivity index (χ4n) is 11.3. The van der Waals surface area contributed by atoms with Crippen LogP contribution in [-0.4, -0.2) is 11.7 Å². The van der Waals surface area contributed by atoms with Crippen LogP contribution in [0.15, 0.2) is 11.6 Å².